The number of carboxylic acid groups (broad SMARTS) is 1. The Morgan fingerprint density at radius 3 is 3.00 bits per heavy atom. The van der Waals surface area contributed by atoms with Gasteiger partial charge in [-0.25, -0.2) is 4.79 Å². The summed E-state index contributed by atoms with van der Waals surface area (Å²) in [6, 6.07) is 1.74. The number of rotatable bonds is 4. The molecule has 92 valence electrons. The van der Waals surface area contributed by atoms with Crippen LogP contribution in [0.25, 0.3) is 0 Å². The third-order valence-electron chi connectivity index (χ3n) is 2.79. The molecular weight excluding hydrogens is 238 g/mol. The van der Waals surface area contributed by atoms with E-state index >= 15 is 0 Å². The summed E-state index contributed by atoms with van der Waals surface area (Å²) < 4.78 is 5.10. The van der Waals surface area contributed by atoms with E-state index in [9.17, 15) is 4.79 Å². The average molecular weight is 253 g/mol. The van der Waals surface area contributed by atoms with Gasteiger partial charge in [0.1, 0.15) is 4.88 Å². The molecule has 2 heterocycles. The van der Waals surface area contributed by atoms with Gasteiger partial charge in [0.05, 0.1) is 6.61 Å². The number of hydrogen-bond acceptors (Lipinski definition) is 4. The number of carboxylic acids is 1. The van der Waals surface area contributed by atoms with Gasteiger partial charge >= 0.3 is 5.97 Å². The molecule has 0 radical (unpaired) electrons. The molecule has 0 saturated carbocycles. The molecule has 1 N–H and O–H groups in total. The van der Waals surface area contributed by atoms with E-state index in [1.54, 1.807) is 13.2 Å². The summed E-state index contributed by atoms with van der Waals surface area (Å²) in [7, 11) is 1.70. The fraction of sp³-hybridized carbons (Fsp3) is 0.417. The first-order valence-electron chi connectivity index (χ1n) is 5.44. The number of ether oxygens (including phenoxy) is 1. The van der Waals surface area contributed by atoms with Crippen molar-refractivity contribution >= 4 is 23.0 Å². The van der Waals surface area contributed by atoms with Crippen LogP contribution in [0, 0.1) is 0 Å². The molecule has 0 amide bonds. The molecule has 2 rings (SSSR count). The number of aromatic carboxylic acids is 1. The largest absolute Gasteiger partial charge is 0.477 e. The van der Waals surface area contributed by atoms with E-state index < -0.39 is 5.97 Å². The van der Waals surface area contributed by atoms with Crippen LogP contribution in [0.15, 0.2) is 23.1 Å². The van der Waals surface area contributed by atoms with Crippen LogP contribution in [0.3, 0.4) is 0 Å². The molecule has 0 aliphatic carbocycles. The molecule has 0 atom stereocenters. The number of thiophene rings is 1. The van der Waals surface area contributed by atoms with Crippen molar-refractivity contribution in [2.75, 3.05) is 31.7 Å². The van der Waals surface area contributed by atoms with Crippen LogP contribution in [-0.2, 0) is 4.74 Å². The fourth-order valence-corrected chi connectivity index (χ4v) is 2.62. The molecule has 0 saturated heterocycles. The van der Waals surface area contributed by atoms with Crippen LogP contribution in [0.1, 0.15) is 16.1 Å². The molecule has 0 fully saturated rings. The van der Waals surface area contributed by atoms with Gasteiger partial charge in [-0.3, -0.25) is 0 Å². The van der Waals surface area contributed by atoms with Gasteiger partial charge in [0.25, 0.3) is 0 Å². The minimum atomic E-state index is -0.853. The molecule has 0 aromatic carbocycles. The van der Waals surface area contributed by atoms with Crippen molar-refractivity contribution in [1.82, 2.24) is 0 Å². The number of methoxy groups -OCH3 is 1. The second-order valence-electron chi connectivity index (χ2n) is 3.97. The van der Waals surface area contributed by atoms with Crippen molar-refractivity contribution in [2.24, 2.45) is 0 Å². The normalized spacial score (nSPS) is 15.8. The summed E-state index contributed by atoms with van der Waals surface area (Å²) in [6.45, 7) is 2.44. The quantitative estimate of drug-likeness (QED) is 0.836. The van der Waals surface area contributed by atoms with Crippen molar-refractivity contribution in [2.45, 2.75) is 6.42 Å². The van der Waals surface area contributed by atoms with Gasteiger partial charge in [0.15, 0.2) is 0 Å². The molecule has 0 spiro atoms. The maximum Gasteiger partial charge on any atom is 0.345 e. The second-order valence-corrected chi connectivity index (χ2v) is 4.88. The molecule has 5 heteroatoms. The molecular formula is C12H15NO3S. The van der Waals surface area contributed by atoms with E-state index in [0.29, 0.717) is 11.5 Å². The minimum Gasteiger partial charge on any atom is -0.477 e. The Hall–Kier alpha value is -1.33. The Labute approximate surface area is 104 Å². The smallest absolute Gasteiger partial charge is 0.345 e. The molecule has 4 nitrogen and oxygen atoms in total. The van der Waals surface area contributed by atoms with E-state index in [4.69, 9.17) is 9.84 Å². The number of hydrogen-bond donors (Lipinski definition) is 1. The molecule has 1 aliphatic heterocycles. The zero-order chi connectivity index (χ0) is 12.3. The Kier molecular flexibility index (Phi) is 3.81. The van der Waals surface area contributed by atoms with E-state index in [-0.39, 0.29) is 0 Å². The van der Waals surface area contributed by atoms with Crippen LogP contribution in [0.5, 0.6) is 0 Å². The third-order valence-corrected chi connectivity index (χ3v) is 3.70. The third kappa shape index (κ3) is 2.87. The summed E-state index contributed by atoms with van der Waals surface area (Å²) in [5, 5.41) is 10.8. The van der Waals surface area contributed by atoms with Gasteiger partial charge < -0.3 is 14.7 Å². The Balaban J connectivity index is 2.02. The molecule has 1 aliphatic rings. The van der Waals surface area contributed by atoms with E-state index in [2.05, 4.69) is 11.0 Å². The highest BCUT2D eigenvalue weighted by atomic mass is 32.1. The van der Waals surface area contributed by atoms with Crippen molar-refractivity contribution in [1.29, 1.82) is 0 Å². The molecule has 1 aromatic heterocycles. The van der Waals surface area contributed by atoms with Crippen LogP contribution in [-0.4, -0.2) is 37.9 Å². The lowest BCUT2D eigenvalue weighted by molar-refractivity contribution is 0.0702. The summed E-state index contributed by atoms with van der Waals surface area (Å²) in [6.07, 6.45) is 3.14. The molecule has 1 aromatic rings. The lowest BCUT2D eigenvalue weighted by atomic mass is 10.1. The zero-order valence-electron chi connectivity index (χ0n) is 9.68. The lowest BCUT2D eigenvalue weighted by Gasteiger charge is -2.27. The summed E-state index contributed by atoms with van der Waals surface area (Å²) in [5.41, 5.74) is 2.32. The SMILES string of the molecule is COCC1=CCN(c2csc(C(=O)O)c2)CC1. The van der Waals surface area contributed by atoms with Gasteiger partial charge in [-0.05, 0) is 18.1 Å². The first-order chi connectivity index (χ1) is 8.20. The van der Waals surface area contributed by atoms with Crippen LogP contribution >= 0.6 is 11.3 Å². The predicted molar refractivity (Wildman–Crippen MR) is 68.1 cm³/mol. The molecule has 0 bridgehead atoms. The summed E-state index contributed by atoms with van der Waals surface area (Å²) in [5.74, 6) is -0.853. The number of anilines is 1. The van der Waals surface area contributed by atoms with Crippen molar-refractivity contribution in [3.63, 3.8) is 0 Å². The van der Waals surface area contributed by atoms with E-state index in [1.165, 1.54) is 16.9 Å². The zero-order valence-corrected chi connectivity index (χ0v) is 10.5. The molecule has 17 heavy (non-hydrogen) atoms. The van der Waals surface area contributed by atoms with Crippen LogP contribution in [0.4, 0.5) is 5.69 Å². The van der Waals surface area contributed by atoms with Crippen molar-refractivity contribution < 1.29 is 14.6 Å². The standard InChI is InChI=1S/C12H15NO3S/c1-16-7-9-2-4-13(5-3-9)10-6-11(12(14)15)17-8-10/h2,6,8H,3-5,7H2,1H3,(H,14,15). The second kappa shape index (κ2) is 5.33. The van der Waals surface area contributed by atoms with Crippen molar-refractivity contribution in [3.05, 3.63) is 28.0 Å². The maximum atomic E-state index is 10.8. The Bertz CT molecular complexity index is 439. The minimum absolute atomic E-state index is 0.395. The lowest BCUT2D eigenvalue weighted by Crippen LogP contribution is -2.28. The van der Waals surface area contributed by atoms with Crippen LogP contribution < -0.4 is 4.90 Å². The number of carbonyl (C=O) groups is 1. The van der Waals surface area contributed by atoms with E-state index in [0.717, 1.165) is 25.2 Å². The van der Waals surface area contributed by atoms with Crippen molar-refractivity contribution in [3.8, 4) is 0 Å². The fourth-order valence-electron chi connectivity index (χ4n) is 1.87. The summed E-state index contributed by atoms with van der Waals surface area (Å²) in [4.78, 5) is 13.4. The molecule has 0 unspecified atom stereocenters. The highest BCUT2D eigenvalue weighted by Gasteiger charge is 2.15. The van der Waals surface area contributed by atoms with Gasteiger partial charge in [-0.15, -0.1) is 11.3 Å². The van der Waals surface area contributed by atoms with Gasteiger partial charge in [0, 0.05) is 31.3 Å². The monoisotopic (exact) mass is 253 g/mol. The summed E-state index contributed by atoms with van der Waals surface area (Å²) >= 11 is 1.28. The highest BCUT2D eigenvalue weighted by Crippen LogP contribution is 2.25. The van der Waals surface area contributed by atoms with Gasteiger partial charge in [-0.1, -0.05) is 6.08 Å². The topological polar surface area (TPSA) is 49.8 Å². The maximum absolute atomic E-state index is 10.8. The predicted octanol–water partition coefficient (Wildman–Crippen LogP) is 2.23. The highest BCUT2D eigenvalue weighted by molar-refractivity contribution is 7.12. The average Bonchev–Trinajstić information content (AvgIpc) is 2.80. The Morgan fingerprint density at radius 1 is 1.65 bits per heavy atom. The first kappa shape index (κ1) is 12.1. The Morgan fingerprint density at radius 2 is 2.47 bits per heavy atom. The van der Waals surface area contributed by atoms with Crippen LogP contribution in [0.2, 0.25) is 0 Å². The van der Waals surface area contributed by atoms with E-state index in [1.807, 2.05) is 5.38 Å². The van der Waals surface area contributed by atoms with Gasteiger partial charge in [-0.2, -0.15) is 0 Å². The first-order valence-corrected chi connectivity index (χ1v) is 6.32. The van der Waals surface area contributed by atoms with Gasteiger partial charge in [0.2, 0.25) is 0 Å². The number of nitrogens with zero attached hydrogens (tertiary/aromatic N) is 1.